The summed E-state index contributed by atoms with van der Waals surface area (Å²) in [4.78, 5) is 11.8. The van der Waals surface area contributed by atoms with Crippen molar-refractivity contribution in [1.29, 1.82) is 0 Å². The molecule has 1 aromatic carbocycles. The highest BCUT2D eigenvalue weighted by molar-refractivity contribution is 5.99. The fraction of sp³-hybridized carbons (Fsp3) is 0.500. The Morgan fingerprint density at radius 1 is 1.13 bits per heavy atom. The summed E-state index contributed by atoms with van der Waals surface area (Å²) in [5.74, 6) is 0.932. The Kier molecular flexibility index (Phi) is 1.95. The third-order valence-electron chi connectivity index (χ3n) is 3.90. The summed E-state index contributed by atoms with van der Waals surface area (Å²) in [6, 6.07) is 4.48. The second-order valence-corrected chi connectivity index (χ2v) is 4.92. The van der Waals surface area contributed by atoms with Crippen molar-refractivity contribution in [1.82, 2.24) is 0 Å². The molecule has 1 unspecified atom stereocenters. The minimum Gasteiger partial charge on any atom is -0.294 e. The van der Waals surface area contributed by atoms with Crippen LogP contribution in [-0.4, -0.2) is 5.78 Å². The maximum atomic E-state index is 11.8. The summed E-state index contributed by atoms with van der Waals surface area (Å²) >= 11 is 0. The molecule has 0 fully saturated rings. The number of hydrogen-bond donors (Lipinski definition) is 0. The molecule has 3 rings (SSSR count). The maximum Gasteiger partial charge on any atom is 0.163 e. The number of ketones is 1. The van der Waals surface area contributed by atoms with E-state index in [0.717, 1.165) is 18.4 Å². The highest BCUT2D eigenvalue weighted by Gasteiger charge is 2.25. The molecule has 0 amide bonds. The van der Waals surface area contributed by atoms with Crippen LogP contribution >= 0.6 is 0 Å². The van der Waals surface area contributed by atoms with Crippen LogP contribution in [0.1, 0.15) is 59.2 Å². The van der Waals surface area contributed by atoms with E-state index in [2.05, 4.69) is 19.1 Å². The molecule has 2 aliphatic carbocycles. The molecule has 1 heteroatoms. The second-order valence-electron chi connectivity index (χ2n) is 4.92. The molecule has 1 atom stereocenters. The van der Waals surface area contributed by atoms with Crippen LogP contribution in [0.5, 0.6) is 0 Å². The molecule has 0 aromatic heterocycles. The van der Waals surface area contributed by atoms with E-state index in [1.54, 1.807) is 0 Å². The second kappa shape index (κ2) is 3.19. The van der Waals surface area contributed by atoms with E-state index >= 15 is 0 Å². The molecule has 2 aliphatic rings. The van der Waals surface area contributed by atoms with Gasteiger partial charge in [0.05, 0.1) is 0 Å². The summed E-state index contributed by atoms with van der Waals surface area (Å²) in [5.41, 5.74) is 5.26. The van der Waals surface area contributed by atoms with E-state index < -0.39 is 0 Å². The van der Waals surface area contributed by atoms with Crippen LogP contribution in [0.3, 0.4) is 0 Å². The van der Waals surface area contributed by atoms with Gasteiger partial charge in [-0.25, -0.2) is 0 Å². The van der Waals surface area contributed by atoms with Gasteiger partial charge in [-0.1, -0.05) is 13.0 Å². The summed E-state index contributed by atoms with van der Waals surface area (Å²) in [6.07, 6.45) is 5.42. The van der Waals surface area contributed by atoms with Gasteiger partial charge in [-0.15, -0.1) is 0 Å². The van der Waals surface area contributed by atoms with Crippen LogP contribution in [0.4, 0.5) is 0 Å². The summed E-state index contributed by atoms with van der Waals surface area (Å²) in [5, 5.41) is 0. The van der Waals surface area contributed by atoms with Crippen molar-refractivity contribution in [3.05, 3.63) is 34.4 Å². The van der Waals surface area contributed by atoms with Crippen LogP contribution < -0.4 is 0 Å². The van der Waals surface area contributed by atoms with Gasteiger partial charge in [-0.3, -0.25) is 4.79 Å². The molecule has 0 aliphatic heterocycles. The standard InChI is InChI=1S/C14H16O/c1-9-5-6-14(15)13-8-11-4-2-3-10(11)7-12(9)13/h7-9H,2-6H2,1H3. The average molecular weight is 200 g/mol. The first-order valence-corrected chi connectivity index (χ1v) is 5.94. The molecular formula is C14H16O. The first-order valence-electron chi connectivity index (χ1n) is 5.94. The molecule has 0 bridgehead atoms. The fourth-order valence-electron chi connectivity index (χ4n) is 2.93. The Bertz CT molecular complexity index is 431. The van der Waals surface area contributed by atoms with E-state index in [1.807, 2.05) is 0 Å². The van der Waals surface area contributed by atoms with Gasteiger partial charge in [0.2, 0.25) is 0 Å². The molecule has 0 radical (unpaired) electrons. The van der Waals surface area contributed by atoms with Crippen LogP contribution in [-0.2, 0) is 12.8 Å². The lowest BCUT2D eigenvalue weighted by Gasteiger charge is -2.22. The summed E-state index contributed by atoms with van der Waals surface area (Å²) in [6.45, 7) is 2.24. The number of rotatable bonds is 0. The number of carbonyl (C=O) groups excluding carboxylic acids is 1. The van der Waals surface area contributed by atoms with Crippen LogP contribution in [0, 0.1) is 0 Å². The van der Waals surface area contributed by atoms with Crippen molar-refractivity contribution >= 4 is 5.78 Å². The number of hydrogen-bond acceptors (Lipinski definition) is 1. The Morgan fingerprint density at radius 3 is 2.67 bits per heavy atom. The third-order valence-corrected chi connectivity index (χ3v) is 3.90. The zero-order chi connectivity index (χ0) is 10.4. The molecule has 0 spiro atoms. The average Bonchev–Trinajstić information content (AvgIpc) is 2.69. The maximum absolute atomic E-state index is 11.8. The number of aryl methyl sites for hydroxylation is 2. The minimum atomic E-state index is 0.359. The molecule has 0 saturated carbocycles. The molecule has 15 heavy (non-hydrogen) atoms. The summed E-state index contributed by atoms with van der Waals surface area (Å²) in [7, 11) is 0. The summed E-state index contributed by atoms with van der Waals surface area (Å²) < 4.78 is 0. The quantitative estimate of drug-likeness (QED) is 0.628. The van der Waals surface area contributed by atoms with E-state index in [1.165, 1.54) is 36.0 Å². The Morgan fingerprint density at radius 2 is 1.87 bits per heavy atom. The fourth-order valence-corrected chi connectivity index (χ4v) is 2.93. The normalized spacial score (nSPS) is 23.8. The topological polar surface area (TPSA) is 17.1 Å². The largest absolute Gasteiger partial charge is 0.294 e. The van der Waals surface area contributed by atoms with Gasteiger partial charge in [-0.05, 0) is 54.4 Å². The van der Waals surface area contributed by atoms with E-state index in [-0.39, 0.29) is 0 Å². The first kappa shape index (κ1) is 9.14. The van der Waals surface area contributed by atoms with Crippen molar-refractivity contribution in [3.63, 3.8) is 0 Å². The number of carbonyl (C=O) groups is 1. The zero-order valence-corrected chi connectivity index (χ0v) is 9.18. The van der Waals surface area contributed by atoms with Crippen LogP contribution in [0.25, 0.3) is 0 Å². The van der Waals surface area contributed by atoms with E-state index in [9.17, 15) is 4.79 Å². The molecule has 1 nitrogen and oxygen atoms in total. The first-order chi connectivity index (χ1) is 7.25. The number of Topliss-reactive ketones (excluding diaryl/α,β-unsaturated/α-hetero) is 1. The molecule has 0 N–H and O–H groups in total. The molecule has 0 heterocycles. The lowest BCUT2D eigenvalue weighted by molar-refractivity contribution is 0.0968. The molecular weight excluding hydrogens is 184 g/mol. The van der Waals surface area contributed by atoms with Crippen molar-refractivity contribution in [3.8, 4) is 0 Å². The SMILES string of the molecule is CC1CCC(=O)c2cc3c(cc21)CCC3. The number of benzene rings is 1. The van der Waals surface area contributed by atoms with Gasteiger partial charge in [0.1, 0.15) is 0 Å². The minimum absolute atomic E-state index is 0.359. The van der Waals surface area contributed by atoms with Gasteiger partial charge < -0.3 is 0 Å². The smallest absolute Gasteiger partial charge is 0.163 e. The predicted molar refractivity (Wildman–Crippen MR) is 60.4 cm³/mol. The van der Waals surface area contributed by atoms with Gasteiger partial charge >= 0.3 is 0 Å². The molecule has 78 valence electrons. The van der Waals surface area contributed by atoms with Crippen molar-refractivity contribution in [2.24, 2.45) is 0 Å². The molecule has 1 aromatic rings. The van der Waals surface area contributed by atoms with Gasteiger partial charge in [-0.2, -0.15) is 0 Å². The monoisotopic (exact) mass is 200 g/mol. The van der Waals surface area contributed by atoms with Crippen LogP contribution in [0.2, 0.25) is 0 Å². The lowest BCUT2D eigenvalue weighted by atomic mass is 9.81. The highest BCUT2D eigenvalue weighted by Crippen LogP contribution is 2.35. The van der Waals surface area contributed by atoms with Crippen LogP contribution in [0.15, 0.2) is 12.1 Å². The van der Waals surface area contributed by atoms with E-state index in [0.29, 0.717) is 11.7 Å². The Labute approximate surface area is 90.5 Å². The Balaban J connectivity index is 2.19. The van der Waals surface area contributed by atoms with Gasteiger partial charge in [0, 0.05) is 12.0 Å². The van der Waals surface area contributed by atoms with E-state index in [4.69, 9.17) is 0 Å². The van der Waals surface area contributed by atoms with Gasteiger partial charge in [0.15, 0.2) is 5.78 Å². The van der Waals surface area contributed by atoms with Crippen molar-refractivity contribution in [2.75, 3.05) is 0 Å². The third kappa shape index (κ3) is 1.33. The Hall–Kier alpha value is -1.11. The molecule has 0 saturated heterocycles. The number of fused-ring (bicyclic) bond motifs is 2. The van der Waals surface area contributed by atoms with Gasteiger partial charge in [0.25, 0.3) is 0 Å². The van der Waals surface area contributed by atoms with Crippen molar-refractivity contribution in [2.45, 2.75) is 44.9 Å². The predicted octanol–water partition coefficient (Wildman–Crippen LogP) is 3.26. The lowest BCUT2D eigenvalue weighted by Crippen LogP contribution is -2.14. The zero-order valence-electron chi connectivity index (χ0n) is 9.18. The van der Waals surface area contributed by atoms with Crippen molar-refractivity contribution < 1.29 is 4.79 Å². The highest BCUT2D eigenvalue weighted by atomic mass is 16.1.